The second-order valence-corrected chi connectivity index (χ2v) is 6.07. The zero-order valence-corrected chi connectivity index (χ0v) is 13.5. The monoisotopic (exact) mass is 303 g/mol. The van der Waals surface area contributed by atoms with Gasteiger partial charge in [0.1, 0.15) is 0 Å². The molecule has 0 spiro atoms. The molecule has 1 aromatic heterocycles. The summed E-state index contributed by atoms with van der Waals surface area (Å²) in [6.07, 6.45) is 0.967. The van der Waals surface area contributed by atoms with Crippen molar-refractivity contribution in [3.05, 3.63) is 45.9 Å². The van der Waals surface area contributed by atoms with E-state index in [1.165, 1.54) is 10.4 Å². The lowest BCUT2D eigenvalue weighted by molar-refractivity contribution is -0.117. The molecule has 0 aliphatic rings. The first-order valence-electron chi connectivity index (χ1n) is 7.04. The number of benzene rings is 1. The van der Waals surface area contributed by atoms with Crippen LogP contribution in [0.15, 0.2) is 29.8 Å². The van der Waals surface area contributed by atoms with Gasteiger partial charge in [-0.2, -0.15) is 0 Å². The highest BCUT2D eigenvalue weighted by atomic mass is 32.1. The van der Waals surface area contributed by atoms with Crippen molar-refractivity contribution in [3.8, 4) is 0 Å². The molecule has 0 aliphatic heterocycles. The van der Waals surface area contributed by atoms with Gasteiger partial charge in [0.05, 0.1) is 17.7 Å². The Kier molecular flexibility index (Phi) is 5.47. The van der Waals surface area contributed by atoms with Crippen molar-refractivity contribution < 1.29 is 4.79 Å². The average molecular weight is 303 g/mol. The smallest absolute Gasteiger partial charge is 0.238 e. The molecule has 112 valence electrons. The lowest BCUT2D eigenvalue weighted by atomic mass is 10.1. The highest BCUT2D eigenvalue weighted by Gasteiger charge is 2.10. The Morgan fingerprint density at radius 1 is 1.43 bits per heavy atom. The number of carbonyl (C=O) groups excluding carboxylic acids is 1. The van der Waals surface area contributed by atoms with E-state index in [4.69, 9.17) is 0 Å². The van der Waals surface area contributed by atoms with Gasteiger partial charge in [0, 0.05) is 17.1 Å². The number of aromatic nitrogens is 1. The van der Waals surface area contributed by atoms with Crippen molar-refractivity contribution in [2.75, 3.05) is 18.9 Å². The minimum absolute atomic E-state index is 0.00733. The molecule has 1 aromatic carbocycles. The summed E-state index contributed by atoms with van der Waals surface area (Å²) in [4.78, 5) is 19.5. The van der Waals surface area contributed by atoms with Gasteiger partial charge in [-0.1, -0.05) is 19.1 Å². The minimum atomic E-state index is 0.00733. The summed E-state index contributed by atoms with van der Waals surface area (Å²) in [6, 6.07) is 7.98. The minimum Gasteiger partial charge on any atom is -0.325 e. The number of rotatable bonds is 6. The molecule has 1 heterocycles. The Morgan fingerprint density at radius 3 is 2.90 bits per heavy atom. The number of nitrogens with one attached hydrogen (secondary N) is 1. The predicted octanol–water partition coefficient (Wildman–Crippen LogP) is 3.08. The van der Waals surface area contributed by atoms with Gasteiger partial charge in [-0.05, 0) is 38.1 Å². The van der Waals surface area contributed by atoms with E-state index < -0.39 is 0 Å². The molecule has 0 radical (unpaired) electrons. The Bertz CT molecular complexity index is 609. The number of carbonyl (C=O) groups is 1. The first kappa shape index (κ1) is 15.7. The topological polar surface area (TPSA) is 45.2 Å². The van der Waals surface area contributed by atoms with Crippen LogP contribution in [0, 0.1) is 6.92 Å². The van der Waals surface area contributed by atoms with E-state index in [2.05, 4.69) is 23.3 Å². The van der Waals surface area contributed by atoms with E-state index in [0.717, 1.165) is 24.3 Å². The number of aryl methyl sites for hydroxylation is 2. The average Bonchev–Trinajstić information content (AvgIpc) is 2.84. The lowest BCUT2D eigenvalue weighted by Gasteiger charge is -2.15. The zero-order valence-electron chi connectivity index (χ0n) is 12.7. The zero-order chi connectivity index (χ0) is 15.2. The van der Waals surface area contributed by atoms with Gasteiger partial charge < -0.3 is 5.32 Å². The molecule has 0 fully saturated rings. The highest BCUT2D eigenvalue weighted by molar-refractivity contribution is 7.09. The van der Waals surface area contributed by atoms with Crippen LogP contribution in [0.4, 0.5) is 5.69 Å². The third kappa shape index (κ3) is 4.65. The first-order chi connectivity index (χ1) is 10.1. The predicted molar refractivity (Wildman–Crippen MR) is 87.6 cm³/mol. The Morgan fingerprint density at radius 2 is 2.24 bits per heavy atom. The fourth-order valence-electron chi connectivity index (χ4n) is 2.09. The van der Waals surface area contributed by atoms with Crippen molar-refractivity contribution in [2.45, 2.75) is 26.8 Å². The van der Waals surface area contributed by atoms with Crippen LogP contribution in [0.5, 0.6) is 0 Å². The number of hydrogen-bond acceptors (Lipinski definition) is 4. The summed E-state index contributed by atoms with van der Waals surface area (Å²) in [7, 11) is 1.95. The summed E-state index contributed by atoms with van der Waals surface area (Å²) in [5.74, 6) is 0.00733. The molecule has 0 unspecified atom stereocenters. The lowest BCUT2D eigenvalue weighted by Crippen LogP contribution is -2.29. The Balaban J connectivity index is 1.87. The van der Waals surface area contributed by atoms with Gasteiger partial charge in [-0.25, -0.2) is 4.98 Å². The fraction of sp³-hybridized carbons (Fsp3) is 0.375. The molecule has 0 saturated carbocycles. The van der Waals surface area contributed by atoms with Crippen LogP contribution in [0.2, 0.25) is 0 Å². The van der Waals surface area contributed by atoms with E-state index in [1.807, 2.05) is 42.6 Å². The maximum Gasteiger partial charge on any atom is 0.238 e. The third-order valence-electron chi connectivity index (χ3n) is 3.29. The molecule has 1 amide bonds. The van der Waals surface area contributed by atoms with Crippen LogP contribution in [-0.2, 0) is 17.8 Å². The molecule has 0 atom stereocenters. The van der Waals surface area contributed by atoms with Crippen LogP contribution in [-0.4, -0.2) is 29.4 Å². The summed E-state index contributed by atoms with van der Waals surface area (Å²) < 4.78 is 0. The number of anilines is 1. The standard InChI is InChI=1S/C16H21N3OS/c1-4-13-6-5-7-14(8-13)18-16(20)10-19(3)9-15-12(2)17-11-21-15/h5-8,11H,4,9-10H2,1-3H3,(H,18,20). The van der Waals surface area contributed by atoms with Gasteiger partial charge >= 0.3 is 0 Å². The molecule has 5 heteroatoms. The van der Waals surface area contributed by atoms with Gasteiger partial charge in [-0.3, -0.25) is 9.69 Å². The van der Waals surface area contributed by atoms with Gasteiger partial charge in [0.25, 0.3) is 0 Å². The van der Waals surface area contributed by atoms with Gasteiger partial charge in [-0.15, -0.1) is 11.3 Å². The summed E-state index contributed by atoms with van der Waals surface area (Å²) in [5, 5.41) is 2.95. The largest absolute Gasteiger partial charge is 0.325 e. The van der Waals surface area contributed by atoms with E-state index in [0.29, 0.717) is 6.54 Å². The SMILES string of the molecule is CCc1cccc(NC(=O)CN(C)Cc2scnc2C)c1. The Hall–Kier alpha value is -1.72. The maximum absolute atomic E-state index is 12.1. The van der Waals surface area contributed by atoms with Crippen LogP contribution in [0.1, 0.15) is 23.1 Å². The quantitative estimate of drug-likeness (QED) is 0.892. The second-order valence-electron chi connectivity index (χ2n) is 5.14. The number of thiazole rings is 1. The second kappa shape index (κ2) is 7.33. The number of amides is 1. The van der Waals surface area contributed by atoms with E-state index >= 15 is 0 Å². The number of likely N-dealkylation sites (N-methyl/N-ethyl adjacent to an activating group) is 1. The van der Waals surface area contributed by atoms with E-state index in [-0.39, 0.29) is 5.91 Å². The van der Waals surface area contributed by atoms with Crippen LogP contribution in [0.25, 0.3) is 0 Å². The first-order valence-corrected chi connectivity index (χ1v) is 7.92. The number of hydrogen-bond donors (Lipinski definition) is 1. The van der Waals surface area contributed by atoms with Gasteiger partial charge in [0.15, 0.2) is 0 Å². The molecule has 2 aromatic rings. The van der Waals surface area contributed by atoms with E-state index in [1.54, 1.807) is 11.3 Å². The normalized spacial score (nSPS) is 10.9. The summed E-state index contributed by atoms with van der Waals surface area (Å²) in [5.41, 5.74) is 4.97. The summed E-state index contributed by atoms with van der Waals surface area (Å²) in [6.45, 7) is 5.22. The fourth-order valence-corrected chi connectivity index (χ4v) is 2.95. The maximum atomic E-state index is 12.1. The molecule has 1 N–H and O–H groups in total. The van der Waals surface area contributed by atoms with Crippen molar-refractivity contribution in [1.29, 1.82) is 0 Å². The molecule has 2 rings (SSSR count). The Labute approximate surface area is 129 Å². The molecule has 0 bridgehead atoms. The van der Waals surface area contributed by atoms with Crippen molar-refractivity contribution >= 4 is 22.9 Å². The molecular formula is C16H21N3OS. The van der Waals surface area contributed by atoms with Gasteiger partial charge in [0.2, 0.25) is 5.91 Å². The van der Waals surface area contributed by atoms with Crippen molar-refractivity contribution in [1.82, 2.24) is 9.88 Å². The molecular weight excluding hydrogens is 282 g/mol. The van der Waals surface area contributed by atoms with E-state index in [9.17, 15) is 4.79 Å². The molecule has 0 aliphatic carbocycles. The van der Waals surface area contributed by atoms with Crippen LogP contribution >= 0.6 is 11.3 Å². The summed E-state index contributed by atoms with van der Waals surface area (Å²) >= 11 is 1.63. The molecule has 21 heavy (non-hydrogen) atoms. The van der Waals surface area contributed by atoms with Crippen LogP contribution < -0.4 is 5.32 Å². The van der Waals surface area contributed by atoms with Crippen LogP contribution in [0.3, 0.4) is 0 Å². The van der Waals surface area contributed by atoms with Crippen molar-refractivity contribution in [2.24, 2.45) is 0 Å². The number of nitrogens with zero attached hydrogens (tertiary/aromatic N) is 2. The highest BCUT2D eigenvalue weighted by Crippen LogP contribution is 2.14. The third-order valence-corrected chi connectivity index (χ3v) is 4.21. The molecule has 0 saturated heterocycles. The van der Waals surface area contributed by atoms with Crippen molar-refractivity contribution in [3.63, 3.8) is 0 Å². The molecule has 4 nitrogen and oxygen atoms in total.